The topological polar surface area (TPSA) is 108 Å². The molecule has 10 heteroatoms. The second-order valence-electron chi connectivity index (χ2n) is 15.7. The minimum Gasteiger partial charge on any atom is -0.462 e. The van der Waals surface area contributed by atoms with Crippen LogP contribution < -0.4 is 0 Å². The van der Waals surface area contributed by atoms with Gasteiger partial charge < -0.3 is 18.9 Å². The first-order chi connectivity index (χ1) is 24.5. The number of phosphoric acid groups is 1. The summed E-state index contributed by atoms with van der Waals surface area (Å²) in [5.74, 6) is -0.807. The minimum atomic E-state index is -4.35. The van der Waals surface area contributed by atoms with E-state index in [4.69, 9.17) is 18.5 Å². The molecule has 0 aromatic rings. The van der Waals surface area contributed by atoms with E-state index in [1.165, 1.54) is 128 Å². The van der Waals surface area contributed by atoms with Gasteiger partial charge in [-0.3, -0.25) is 18.6 Å². The van der Waals surface area contributed by atoms with Gasteiger partial charge in [0, 0.05) is 12.8 Å². The molecule has 0 aliphatic heterocycles. The number of ether oxygens (including phenoxy) is 2. The highest BCUT2D eigenvalue weighted by Gasteiger charge is 2.27. The molecule has 0 aromatic carbocycles. The van der Waals surface area contributed by atoms with Crippen molar-refractivity contribution >= 4 is 19.8 Å². The van der Waals surface area contributed by atoms with Crippen LogP contribution in [-0.4, -0.2) is 74.9 Å². The summed E-state index contributed by atoms with van der Waals surface area (Å²) < 4.78 is 34.0. The first kappa shape index (κ1) is 50.0. The van der Waals surface area contributed by atoms with Crippen LogP contribution in [0, 0.1) is 0 Å². The Balaban J connectivity index is 3.99. The number of quaternary nitrogens is 1. The predicted octanol–water partition coefficient (Wildman–Crippen LogP) is 11.6. The zero-order chi connectivity index (χ0) is 37.9. The van der Waals surface area contributed by atoms with E-state index >= 15 is 0 Å². The maximum absolute atomic E-state index is 12.6. The van der Waals surface area contributed by atoms with E-state index in [0.717, 1.165) is 44.9 Å². The van der Waals surface area contributed by atoms with Crippen molar-refractivity contribution in [3.63, 3.8) is 0 Å². The van der Waals surface area contributed by atoms with Crippen molar-refractivity contribution in [2.75, 3.05) is 47.5 Å². The highest BCUT2D eigenvalue weighted by atomic mass is 31.2. The van der Waals surface area contributed by atoms with Crippen LogP contribution in [0.15, 0.2) is 0 Å². The quantitative estimate of drug-likeness (QED) is 0.0286. The lowest BCUT2D eigenvalue weighted by molar-refractivity contribution is -0.870. The molecule has 2 unspecified atom stereocenters. The first-order valence-corrected chi connectivity index (χ1v) is 22.8. The number of phosphoric ester groups is 1. The molecule has 0 fully saturated rings. The summed E-state index contributed by atoms with van der Waals surface area (Å²) in [6.07, 6.45) is 33.7. The molecule has 0 aliphatic rings. The molecular formula is C41H83NO8P+. The number of hydrogen-bond acceptors (Lipinski definition) is 7. The van der Waals surface area contributed by atoms with E-state index in [-0.39, 0.29) is 32.0 Å². The summed E-state index contributed by atoms with van der Waals surface area (Å²) in [7, 11) is 1.49. The highest BCUT2D eigenvalue weighted by Crippen LogP contribution is 2.43. The Bertz CT molecular complexity index is 850. The van der Waals surface area contributed by atoms with Crippen LogP contribution in [-0.2, 0) is 32.7 Å². The zero-order valence-electron chi connectivity index (χ0n) is 34.1. The van der Waals surface area contributed by atoms with Crippen LogP contribution in [0.25, 0.3) is 0 Å². The van der Waals surface area contributed by atoms with Gasteiger partial charge in [-0.15, -0.1) is 0 Å². The van der Waals surface area contributed by atoms with E-state index in [2.05, 4.69) is 13.8 Å². The van der Waals surface area contributed by atoms with Crippen LogP contribution in [0.4, 0.5) is 0 Å². The molecule has 0 aliphatic carbocycles. The fourth-order valence-corrected chi connectivity index (χ4v) is 6.76. The van der Waals surface area contributed by atoms with Gasteiger partial charge in [-0.1, -0.05) is 174 Å². The molecule has 51 heavy (non-hydrogen) atoms. The third-order valence-electron chi connectivity index (χ3n) is 9.39. The Labute approximate surface area is 314 Å². The van der Waals surface area contributed by atoms with Crippen LogP contribution in [0.5, 0.6) is 0 Å². The molecule has 1 N–H and O–H groups in total. The summed E-state index contributed by atoms with van der Waals surface area (Å²) in [5.41, 5.74) is 0. The lowest BCUT2D eigenvalue weighted by atomic mass is 10.0. The number of carbonyl (C=O) groups is 2. The molecule has 0 saturated carbocycles. The summed E-state index contributed by atoms with van der Waals surface area (Å²) in [5, 5.41) is 0. The number of likely N-dealkylation sites (N-methyl/N-ethyl adjacent to an activating group) is 1. The Hall–Kier alpha value is -0.990. The largest absolute Gasteiger partial charge is 0.472 e. The Morgan fingerprint density at radius 1 is 0.529 bits per heavy atom. The predicted molar refractivity (Wildman–Crippen MR) is 211 cm³/mol. The van der Waals surface area contributed by atoms with Gasteiger partial charge >= 0.3 is 19.8 Å². The number of esters is 2. The lowest BCUT2D eigenvalue weighted by Gasteiger charge is -2.24. The molecule has 0 heterocycles. The van der Waals surface area contributed by atoms with Crippen molar-refractivity contribution in [2.45, 2.75) is 206 Å². The second-order valence-corrected chi connectivity index (χ2v) is 17.2. The molecule has 0 bridgehead atoms. The Kier molecular flexibility index (Phi) is 34.1. The minimum absolute atomic E-state index is 0.0357. The zero-order valence-corrected chi connectivity index (χ0v) is 35.0. The maximum Gasteiger partial charge on any atom is 0.472 e. The fourth-order valence-electron chi connectivity index (χ4n) is 6.01. The average Bonchev–Trinajstić information content (AvgIpc) is 3.07. The van der Waals surface area contributed by atoms with E-state index in [1.807, 2.05) is 21.1 Å². The lowest BCUT2D eigenvalue weighted by Crippen LogP contribution is -2.37. The van der Waals surface area contributed by atoms with Crippen molar-refractivity contribution in [3.05, 3.63) is 0 Å². The smallest absolute Gasteiger partial charge is 0.462 e. The highest BCUT2D eigenvalue weighted by molar-refractivity contribution is 7.47. The molecule has 0 saturated heterocycles. The van der Waals surface area contributed by atoms with Gasteiger partial charge in [0.2, 0.25) is 0 Å². The van der Waals surface area contributed by atoms with E-state index in [0.29, 0.717) is 11.0 Å². The fraction of sp³-hybridized carbons (Fsp3) is 0.951. The van der Waals surface area contributed by atoms with Crippen LogP contribution >= 0.6 is 7.82 Å². The van der Waals surface area contributed by atoms with Crippen molar-refractivity contribution in [3.8, 4) is 0 Å². The Morgan fingerprint density at radius 3 is 1.27 bits per heavy atom. The van der Waals surface area contributed by atoms with Crippen molar-refractivity contribution in [1.82, 2.24) is 0 Å². The van der Waals surface area contributed by atoms with E-state index in [1.54, 1.807) is 0 Å². The monoisotopic (exact) mass is 749 g/mol. The number of hydrogen-bond donors (Lipinski definition) is 1. The summed E-state index contributed by atoms with van der Waals surface area (Å²) in [6.45, 7) is 4.32. The SMILES string of the molecule is CCCCCCCCCCCCCCCCCCCCCCCCCC(=O)OC(COC(=O)CCCCCC)COP(=O)(O)OCC[N+](C)(C)C. The number of rotatable bonds is 39. The van der Waals surface area contributed by atoms with Gasteiger partial charge in [0.25, 0.3) is 0 Å². The maximum atomic E-state index is 12.6. The van der Waals surface area contributed by atoms with Crippen LogP contribution in [0.2, 0.25) is 0 Å². The summed E-state index contributed by atoms with van der Waals surface area (Å²) >= 11 is 0. The number of unbranched alkanes of at least 4 members (excludes halogenated alkanes) is 25. The van der Waals surface area contributed by atoms with Gasteiger partial charge in [-0.05, 0) is 12.8 Å². The molecule has 0 aromatic heterocycles. The average molecular weight is 749 g/mol. The molecule has 0 amide bonds. The number of nitrogens with zero attached hydrogens (tertiary/aromatic N) is 1. The molecule has 0 rings (SSSR count). The van der Waals surface area contributed by atoms with Crippen LogP contribution in [0.1, 0.15) is 200 Å². The summed E-state index contributed by atoms with van der Waals surface area (Å²) in [4.78, 5) is 34.9. The van der Waals surface area contributed by atoms with Gasteiger partial charge in [-0.25, -0.2) is 4.57 Å². The first-order valence-electron chi connectivity index (χ1n) is 21.3. The van der Waals surface area contributed by atoms with Gasteiger partial charge in [0.1, 0.15) is 19.8 Å². The molecule has 0 radical (unpaired) electrons. The van der Waals surface area contributed by atoms with Crippen LogP contribution in [0.3, 0.4) is 0 Å². The molecule has 9 nitrogen and oxygen atoms in total. The standard InChI is InChI=1S/C41H82NO8P/c1-6-8-10-12-13-14-15-16-17-18-19-20-21-22-23-24-25-26-27-28-29-30-32-34-41(44)50-39(37-47-40(43)33-31-11-9-7-2)38-49-51(45,46)48-36-35-42(3,4)5/h39H,6-38H2,1-5H3/p+1. The molecule has 304 valence electrons. The van der Waals surface area contributed by atoms with Gasteiger partial charge in [0.05, 0.1) is 27.7 Å². The van der Waals surface area contributed by atoms with Gasteiger partial charge in [0.15, 0.2) is 6.10 Å². The third kappa shape index (κ3) is 38.5. The number of carbonyl (C=O) groups excluding carboxylic acids is 2. The normalized spacial score (nSPS) is 13.6. The molecule has 0 spiro atoms. The second kappa shape index (κ2) is 34.8. The van der Waals surface area contributed by atoms with E-state index < -0.39 is 26.5 Å². The Morgan fingerprint density at radius 2 is 0.882 bits per heavy atom. The van der Waals surface area contributed by atoms with Gasteiger partial charge in [-0.2, -0.15) is 0 Å². The third-order valence-corrected chi connectivity index (χ3v) is 10.4. The molecular weight excluding hydrogens is 665 g/mol. The van der Waals surface area contributed by atoms with Crippen molar-refractivity contribution in [1.29, 1.82) is 0 Å². The molecule has 2 atom stereocenters. The van der Waals surface area contributed by atoms with Crippen molar-refractivity contribution in [2.24, 2.45) is 0 Å². The van der Waals surface area contributed by atoms with E-state index in [9.17, 15) is 19.0 Å². The summed E-state index contributed by atoms with van der Waals surface area (Å²) in [6, 6.07) is 0. The van der Waals surface area contributed by atoms with Crippen molar-refractivity contribution < 1.29 is 42.1 Å².